The zero-order valence-corrected chi connectivity index (χ0v) is 19.8. The highest BCUT2D eigenvalue weighted by atomic mass is 19.4. The second kappa shape index (κ2) is 10.3. The van der Waals surface area contributed by atoms with Gasteiger partial charge in [0.15, 0.2) is 17.2 Å². The molecule has 0 aromatic carbocycles. The van der Waals surface area contributed by atoms with Gasteiger partial charge in [-0.05, 0) is 46.5 Å². The van der Waals surface area contributed by atoms with Crippen molar-refractivity contribution in [1.82, 2.24) is 25.1 Å². The molecule has 1 saturated heterocycles. The topological polar surface area (TPSA) is 129 Å². The molecule has 0 saturated carbocycles. The molecule has 35 heavy (non-hydrogen) atoms. The van der Waals surface area contributed by atoms with Gasteiger partial charge in [-0.3, -0.25) is 0 Å². The minimum absolute atomic E-state index is 0.0348. The molecular weight excluding hydrogens is 465 g/mol. The predicted octanol–water partition coefficient (Wildman–Crippen LogP) is 4.35. The van der Waals surface area contributed by atoms with Crippen molar-refractivity contribution in [3.63, 3.8) is 0 Å². The van der Waals surface area contributed by atoms with Crippen molar-refractivity contribution in [2.75, 3.05) is 23.7 Å². The second-order valence-corrected chi connectivity index (χ2v) is 9.31. The Balaban J connectivity index is 1.67. The Labute approximate surface area is 200 Å². The number of halogens is 3. The number of aromatic nitrogens is 4. The molecule has 3 heterocycles. The quantitative estimate of drug-likeness (QED) is 0.626. The molecule has 2 unspecified atom stereocenters. The van der Waals surface area contributed by atoms with Crippen molar-refractivity contribution >= 4 is 23.4 Å². The number of hydrogen-bond acceptors (Lipinski definition) is 9. The number of ether oxygens (including phenoxy) is 1. The van der Waals surface area contributed by atoms with Gasteiger partial charge in [0.05, 0.1) is 18.1 Å². The number of likely N-dealkylation sites (tertiary alicyclic amines) is 1. The van der Waals surface area contributed by atoms with E-state index in [1.807, 2.05) is 13.0 Å². The summed E-state index contributed by atoms with van der Waals surface area (Å²) >= 11 is 0. The molecule has 188 valence electrons. The Bertz CT molecular complexity index is 1080. The molecule has 2 N–H and O–H groups in total. The Hall–Kier alpha value is -3.69. The molecule has 2 atom stereocenters. The number of amides is 1. The van der Waals surface area contributed by atoms with Gasteiger partial charge in [-0.1, -0.05) is 0 Å². The summed E-state index contributed by atoms with van der Waals surface area (Å²) in [6.45, 7) is 8.00. The van der Waals surface area contributed by atoms with E-state index in [9.17, 15) is 18.0 Å². The molecule has 2 aromatic heterocycles. The third-order valence-corrected chi connectivity index (χ3v) is 5.28. The third kappa shape index (κ3) is 7.14. The zero-order chi connectivity index (χ0) is 25.8. The van der Waals surface area contributed by atoms with Crippen LogP contribution >= 0.6 is 0 Å². The fourth-order valence-electron chi connectivity index (χ4n) is 3.68. The first-order chi connectivity index (χ1) is 16.4. The number of hydrogen-bond donors (Lipinski definition) is 2. The molecule has 1 amide bonds. The lowest BCUT2D eigenvalue weighted by atomic mass is 9.91. The average Bonchev–Trinajstić information content (AvgIpc) is 2.76. The summed E-state index contributed by atoms with van der Waals surface area (Å²) < 4.78 is 46.0. The van der Waals surface area contributed by atoms with Gasteiger partial charge >= 0.3 is 12.3 Å². The summed E-state index contributed by atoms with van der Waals surface area (Å²) in [6, 6.07) is 2.92. The molecule has 0 bridgehead atoms. The number of piperidine rings is 1. The van der Waals surface area contributed by atoms with Crippen LogP contribution in [0.5, 0.6) is 0 Å². The first kappa shape index (κ1) is 25.9. The van der Waals surface area contributed by atoms with E-state index in [1.165, 1.54) is 18.5 Å². The molecule has 13 heteroatoms. The van der Waals surface area contributed by atoms with E-state index in [2.05, 4.69) is 30.8 Å². The smallest absolute Gasteiger partial charge is 0.437 e. The Morgan fingerprint density at radius 2 is 1.97 bits per heavy atom. The van der Waals surface area contributed by atoms with Gasteiger partial charge in [-0.2, -0.15) is 18.4 Å². The van der Waals surface area contributed by atoms with Gasteiger partial charge in [0.25, 0.3) is 0 Å². The van der Waals surface area contributed by atoms with Gasteiger partial charge in [0.1, 0.15) is 17.5 Å². The Morgan fingerprint density at radius 3 is 2.54 bits per heavy atom. The van der Waals surface area contributed by atoms with Crippen LogP contribution < -0.4 is 10.6 Å². The lowest BCUT2D eigenvalue weighted by Gasteiger charge is -2.38. The largest absolute Gasteiger partial charge is 0.444 e. The molecule has 0 aliphatic carbocycles. The number of nitriles is 1. The van der Waals surface area contributed by atoms with Crippen molar-refractivity contribution < 1.29 is 22.7 Å². The van der Waals surface area contributed by atoms with Crippen LogP contribution in [0.1, 0.15) is 51.9 Å². The van der Waals surface area contributed by atoms with E-state index in [1.54, 1.807) is 25.7 Å². The third-order valence-electron chi connectivity index (χ3n) is 5.28. The van der Waals surface area contributed by atoms with Crippen LogP contribution in [0.4, 0.5) is 35.3 Å². The van der Waals surface area contributed by atoms with Gasteiger partial charge in [0, 0.05) is 25.2 Å². The number of nitrogens with one attached hydrogen (secondary N) is 2. The lowest BCUT2D eigenvalue weighted by molar-refractivity contribution is -0.141. The van der Waals surface area contributed by atoms with E-state index in [-0.39, 0.29) is 41.5 Å². The van der Waals surface area contributed by atoms with Crippen molar-refractivity contribution in [2.45, 2.75) is 58.4 Å². The van der Waals surface area contributed by atoms with E-state index in [0.717, 1.165) is 0 Å². The van der Waals surface area contributed by atoms with E-state index < -0.39 is 23.6 Å². The monoisotopic (exact) mass is 492 g/mol. The predicted molar refractivity (Wildman–Crippen MR) is 121 cm³/mol. The minimum atomic E-state index is -4.70. The molecule has 0 spiro atoms. The molecule has 0 radical (unpaired) electrons. The van der Waals surface area contributed by atoms with Crippen LogP contribution in [0.3, 0.4) is 0 Å². The first-order valence-corrected chi connectivity index (χ1v) is 11.0. The summed E-state index contributed by atoms with van der Waals surface area (Å²) in [5.74, 6) is 0.277. The Morgan fingerprint density at radius 1 is 1.23 bits per heavy atom. The number of nitrogens with zero attached hydrogens (tertiary/aromatic N) is 6. The van der Waals surface area contributed by atoms with Gasteiger partial charge in [0.2, 0.25) is 0 Å². The molecule has 1 aliphatic rings. The van der Waals surface area contributed by atoms with Crippen LogP contribution in [0, 0.1) is 17.2 Å². The average molecular weight is 493 g/mol. The van der Waals surface area contributed by atoms with Gasteiger partial charge < -0.3 is 20.3 Å². The number of anilines is 3. The maximum Gasteiger partial charge on any atom is 0.437 e. The highest BCUT2D eigenvalue weighted by Gasteiger charge is 2.37. The Kier molecular flexibility index (Phi) is 7.62. The number of rotatable bonds is 5. The minimum Gasteiger partial charge on any atom is -0.444 e. The van der Waals surface area contributed by atoms with Crippen molar-refractivity contribution in [2.24, 2.45) is 5.92 Å². The van der Waals surface area contributed by atoms with Crippen LogP contribution in [-0.2, 0) is 10.9 Å². The number of alkyl halides is 3. The molecule has 10 nitrogen and oxygen atoms in total. The summed E-state index contributed by atoms with van der Waals surface area (Å²) in [4.78, 5) is 21.9. The fraction of sp³-hybridized carbons (Fsp3) is 0.545. The fourth-order valence-corrected chi connectivity index (χ4v) is 3.68. The van der Waals surface area contributed by atoms with Crippen LogP contribution in [-0.4, -0.2) is 55.9 Å². The molecule has 1 fully saturated rings. The maximum atomic E-state index is 13.5. The lowest BCUT2D eigenvalue weighted by Crippen LogP contribution is -2.47. The van der Waals surface area contributed by atoms with Crippen LogP contribution in [0.15, 0.2) is 18.5 Å². The normalized spacial score (nSPS) is 18.5. The summed E-state index contributed by atoms with van der Waals surface area (Å²) in [6.07, 6.45) is -1.37. The molecule has 1 aliphatic heterocycles. The van der Waals surface area contributed by atoms with Gasteiger partial charge in [-0.15, -0.1) is 10.2 Å². The maximum absolute atomic E-state index is 13.5. The van der Waals surface area contributed by atoms with Crippen molar-refractivity contribution in [3.05, 3.63) is 29.8 Å². The summed E-state index contributed by atoms with van der Waals surface area (Å²) in [5.41, 5.74) is -1.86. The standard InChI is InChI=1S/C22H27F3N8O2/c1-13-7-14(5-6-33(13)20(34)35-21(2,3)4)10-28-16-8-17(31-32-19(16)22(23,24)25)30-18-12-27-15(9-26)11-29-18/h8,11-14H,5-7,10H2,1-4H3,(H2,28,29,30,31). The van der Waals surface area contributed by atoms with E-state index >= 15 is 0 Å². The number of carbonyl (C=O) groups excluding carboxylic acids is 1. The summed E-state index contributed by atoms with van der Waals surface area (Å²) in [5, 5.41) is 21.3. The van der Waals surface area contributed by atoms with E-state index in [4.69, 9.17) is 10.00 Å². The van der Waals surface area contributed by atoms with E-state index in [0.29, 0.717) is 19.4 Å². The van der Waals surface area contributed by atoms with Crippen LogP contribution in [0.2, 0.25) is 0 Å². The zero-order valence-electron chi connectivity index (χ0n) is 19.8. The number of carbonyl (C=O) groups is 1. The second-order valence-electron chi connectivity index (χ2n) is 9.31. The first-order valence-electron chi connectivity index (χ1n) is 11.0. The summed E-state index contributed by atoms with van der Waals surface area (Å²) in [7, 11) is 0. The van der Waals surface area contributed by atoms with Crippen molar-refractivity contribution in [1.29, 1.82) is 5.26 Å². The van der Waals surface area contributed by atoms with Crippen LogP contribution in [0.25, 0.3) is 0 Å². The van der Waals surface area contributed by atoms with Crippen molar-refractivity contribution in [3.8, 4) is 6.07 Å². The highest BCUT2D eigenvalue weighted by molar-refractivity contribution is 5.68. The molecular formula is C22H27F3N8O2. The molecule has 2 aromatic rings. The van der Waals surface area contributed by atoms with Gasteiger partial charge in [-0.25, -0.2) is 14.8 Å². The highest BCUT2D eigenvalue weighted by Crippen LogP contribution is 2.34. The SMILES string of the molecule is CC1CC(CNc2cc(Nc3cnc(C#N)cn3)nnc2C(F)(F)F)CCN1C(=O)OC(C)(C)C. The molecule has 3 rings (SSSR count).